The van der Waals surface area contributed by atoms with E-state index in [2.05, 4.69) is 10.2 Å². The molecule has 1 heterocycles. The first-order valence-electron chi connectivity index (χ1n) is 6.50. The smallest absolute Gasteiger partial charge is 0.277 e. The SMILES string of the molecule is CCCOc1ccccc1-c1cc(C(=O)NN)c(=O)[nH]n1. The Bertz CT molecular complexity index is 697. The zero-order valence-corrected chi connectivity index (χ0v) is 11.6. The van der Waals surface area contributed by atoms with E-state index in [0.717, 1.165) is 6.42 Å². The molecule has 21 heavy (non-hydrogen) atoms. The Balaban J connectivity index is 2.47. The van der Waals surface area contributed by atoms with Crippen LogP contribution in [0.2, 0.25) is 0 Å². The molecular weight excluding hydrogens is 272 g/mol. The Hall–Kier alpha value is -2.67. The van der Waals surface area contributed by atoms with Gasteiger partial charge in [-0.25, -0.2) is 10.9 Å². The molecule has 2 aromatic rings. The van der Waals surface area contributed by atoms with Crippen molar-refractivity contribution in [1.82, 2.24) is 15.6 Å². The monoisotopic (exact) mass is 288 g/mol. The summed E-state index contributed by atoms with van der Waals surface area (Å²) in [6.07, 6.45) is 0.869. The molecule has 0 atom stereocenters. The van der Waals surface area contributed by atoms with Crippen LogP contribution in [0.25, 0.3) is 11.3 Å². The van der Waals surface area contributed by atoms with E-state index >= 15 is 0 Å². The molecule has 2 rings (SSSR count). The fourth-order valence-corrected chi connectivity index (χ4v) is 1.81. The molecule has 0 unspecified atom stereocenters. The number of nitrogen functional groups attached to an aromatic ring is 1. The molecule has 0 aliphatic rings. The van der Waals surface area contributed by atoms with Gasteiger partial charge in [-0.2, -0.15) is 5.10 Å². The van der Waals surface area contributed by atoms with Crippen LogP contribution in [0, 0.1) is 0 Å². The summed E-state index contributed by atoms with van der Waals surface area (Å²) in [4.78, 5) is 23.2. The number of aromatic nitrogens is 2. The van der Waals surface area contributed by atoms with E-state index in [-0.39, 0.29) is 5.56 Å². The fourth-order valence-electron chi connectivity index (χ4n) is 1.81. The highest BCUT2D eigenvalue weighted by Gasteiger charge is 2.14. The molecule has 0 saturated carbocycles. The Morgan fingerprint density at radius 2 is 2.19 bits per heavy atom. The number of nitrogens with two attached hydrogens (primary N) is 1. The Labute approximate surface area is 121 Å². The molecule has 0 bridgehead atoms. The van der Waals surface area contributed by atoms with Crippen LogP contribution < -0.4 is 21.6 Å². The van der Waals surface area contributed by atoms with Gasteiger partial charge in [0.15, 0.2) is 0 Å². The van der Waals surface area contributed by atoms with Crippen molar-refractivity contribution in [2.24, 2.45) is 5.84 Å². The lowest BCUT2D eigenvalue weighted by Crippen LogP contribution is -2.34. The van der Waals surface area contributed by atoms with Gasteiger partial charge in [-0.1, -0.05) is 19.1 Å². The number of carbonyl (C=O) groups is 1. The van der Waals surface area contributed by atoms with Crippen LogP contribution in [0.3, 0.4) is 0 Å². The minimum absolute atomic E-state index is 0.104. The van der Waals surface area contributed by atoms with E-state index < -0.39 is 11.5 Å². The summed E-state index contributed by atoms with van der Waals surface area (Å²) in [5.74, 6) is 5.02. The van der Waals surface area contributed by atoms with Crippen molar-refractivity contribution in [3.05, 3.63) is 46.2 Å². The van der Waals surface area contributed by atoms with Crippen LogP contribution in [0.5, 0.6) is 5.75 Å². The predicted octanol–water partition coefficient (Wildman–Crippen LogP) is 0.829. The number of rotatable bonds is 5. The molecule has 110 valence electrons. The van der Waals surface area contributed by atoms with E-state index in [1.807, 2.05) is 24.5 Å². The van der Waals surface area contributed by atoms with Crippen molar-refractivity contribution in [3.8, 4) is 17.0 Å². The average molecular weight is 288 g/mol. The third-order valence-electron chi connectivity index (χ3n) is 2.80. The normalized spacial score (nSPS) is 10.2. The molecule has 0 saturated heterocycles. The van der Waals surface area contributed by atoms with Crippen LogP contribution in [-0.4, -0.2) is 22.7 Å². The number of hydrazine groups is 1. The number of hydrogen-bond donors (Lipinski definition) is 3. The van der Waals surface area contributed by atoms with E-state index in [0.29, 0.717) is 23.6 Å². The lowest BCUT2D eigenvalue weighted by atomic mass is 10.1. The van der Waals surface area contributed by atoms with Crippen molar-refractivity contribution in [2.45, 2.75) is 13.3 Å². The second-order valence-corrected chi connectivity index (χ2v) is 4.31. The third kappa shape index (κ3) is 3.26. The molecule has 0 fully saturated rings. The van der Waals surface area contributed by atoms with E-state index in [1.54, 1.807) is 12.1 Å². The standard InChI is InChI=1S/C14H16N4O3/c1-2-7-21-12-6-4-3-5-9(12)11-8-10(13(19)16-15)14(20)18-17-11/h3-6,8H,2,7,15H2,1H3,(H,16,19)(H,18,20). The number of ether oxygens (including phenoxy) is 1. The molecule has 0 aliphatic heterocycles. The first kappa shape index (κ1) is 14.7. The zero-order chi connectivity index (χ0) is 15.2. The van der Waals surface area contributed by atoms with Gasteiger partial charge in [0.05, 0.1) is 12.3 Å². The highest BCUT2D eigenvalue weighted by Crippen LogP contribution is 2.28. The lowest BCUT2D eigenvalue weighted by molar-refractivity contribution is 0.0952. The van der Waals surface area contributed by atoms with Gasteiger partial charge in [0.2, 0.25) is 0 Å². The van der Waals surface area contributed by atoms with Gasteiger partial charge in [-0.05, 0) is 24.6 Å². The summed E-state index contributed by atoms with van der Waals surface area (Å²) >= 11 is 0. The summed E-state index contributed by atoms with van der Waals surface area (Å²) in [5, 5.41) is 6.24. The topological polar surface area (TPSA) is 110 Å². The molecule has 0 spiro atoms. The summed E-state index contributed by atoms with van der Waals surface area (Å²) in [6, 6.07) is 8.66. The number of aromatic amines is 1. The first-order chi connectivity index (χ1) is 10.2. The van der Waals surface area contributed by atoms with E-state index in [4.69, 9.17) is 10.6 Å². The van der Waals surface area contributed by atoms with Crippen LogP contribution in [0.15, 0.2) is 35.1 Å². The fraction of sp³-hybridized carbons (Fsp3) is 0.214. The second kappa shape index (κ2) is 6.67. The molecule has 1 amide bonds. The minimum Gasteiger partial charge on any atom is -0.493 e. The average Bonchev–Trinajstić information content (AvgIpc) is 2.53. The number of para-hydroxylation sites is 1. The molecular formula is C14H16N4O3. The number of nitrogens with one attached hydrogen (secondary N) is 2. The minimum atomic E-state index is -0.674. The van der Waals surface area contributed by atoms with Gasteiger partial charge in [-0.3, -0.25) is 15.0 Å². The molecule has 7 heteroatoms. The maximum Gasteiger partial charge on any atom is 0.277 e. The summed E-state index contributed by atoms with van der Waals surface area (Å²) < 4.78 is 5.64. The number of H-pyrrole nitrogens is 1. The van der Waals surface area contributed by atoms with Crippen LogP contribution in [0.4, 0.5) is 0 Å². The molecule has 0 radical (unpaired) electrons. The quantitative estimate of drug-likeness (QED) is 0.429. The maximum atomic E-state index is 11.6. The van der Waals surface area contributed by atoms with Gasteiger partial charge in [0.25, 0.3) is 11.5 Å². The highest BCUT2D eigenvalue weighted by atomic mass is 16.5. The summed E-state index contributed by atoms with van der Waals surface area (Å²) in [6.45, 7) is 2.57. The second-order valence-electron chi connectivity index (χ2n) is 4.31. The number of carbonyl (C=O) groups excluding carboxylic acids is 1. The van der Waals surface area contributed by atoms with E-state index in [9.17, 15) is 9.59 Å². The van der Waals surface area contributed by atoms with Gasteiger partial charge in [-0.15, -0.1) is 0 Å². The molecule has 1 aromatic carbocycles. The Morgan fingerprint density at radius 3 is 2.90 bits per heavy atom. The Morgan fingerprint density at radius 1 is 1.43 bits per heavy atom. The van der Waals surface area contributed by atoms with Gasteiger partial charge >= 0.3 is 0 Å². The van der Waals surface area contributed by atoms with Gasteiger partial charge < -0.3 is 4.74 Å². The largest absolute Gasteiger partial charge is 0.493 e. The number of benzene rings is 1. The lowest BCUT2D eigenvalue weighted by Gasteiger charge is -2.10. The van der Waals surface area contributed by atoms with Crippen molar-refractivity contribution >= 4 is 5.91 Å². The molecule has 7 nitrogen and oxygen atoms in total. The van der Waals surface area contributed by atoms with Gasteiger partial charge in [0.1, 0.15) is 11.3 Å². The molecule has 0 aliphatic carbocycles. The van der Waals surface area contributed by atoms with Crippen molar-refractivity contribution in [2.75, 3.05) is 6.61 Å². The summed E-state index contributed by atoms with van der Waals surface area (Å²) in [5.41, 5.74) is 2.34. The van der Waals surface area contributed by atoms with Crippen molar-refractivity contribution < 1.29 is 9.53 Å². The van der Waals surface area contributed by atoms with Gasteiger partial charge in [0, 0.05) is 5.56 Å². The van der Waals surface area contributed by atoms with Crippen LogP contribution in [-0.2, 0) is 0 Å². The van der Waals surface area contributed by atoms with Crippen LogP contribution >= 0.6 is 0 Å². The van der Waals surface area contributed by atoms with Crippen LogP contribution in [0.1, 0.15) is 23.7 Å². The molecule has 1 aromatic heterocycles. The number of hydrogen-bond acceptors (Lipinski definition) is 5. The first-order valence-corrected chi connectivity index (χ1v) is 6.50. The predicted molar refractivity (Wildman–Crippen MR) is 77.7 cm³/mol. The Kier molecular flexibility index (Phi) is 4.68. The number of nitrogens with zero attached hydrogens (tertiary/aromatic N) is 1. The van der Waals surface area contributed by atoms with Crippen molar-refractivity contribution in [3.63, 3.8) is 0 Å². The van der Waals surface area contributed by atoms with E-state index in [1.165, 1.54) is 6.07 Å². The maximum absolute atomic E-state index is 11.6. The van der Waals surface area contributed by atoms with Crippen molar-refractivity contribution in [1.29, 1.82) is 0 Å². The zero-order valence-electron chi connectivity index (χ0n) is 11.6. The third-order valence-corrected chi connectivity index (χ3v) is 2.80. The summed E-state index contributed by atoms with van der Waals surface area (Å²) in [7, 11) is 0. The molecule has 4 N–H and O–H groups in total. The number of amides is 1. The highest BCUT2D eigenvalue weighted by molar-refractivity contribution is 5.94.